The second-order valence-electron chi connectivity index (χ2n) is 4.56. The van der Waals surface area contributed by atoms with Crippen molar-refractivity contribution in [2.45, 2.75) is 26.3 Å². The van der Waals surface area contributed by atoms with Gasteiger partial charge in [0.1, 0.15) is 6.54 Å². The first kappa shape index (κ1) is 14.6. The highest BCUT2D eigenvalue weighted by atomic mass is 16.4. The Kier molecular flexibility index (Phi) is 5.74. The predicted molar refractivity (Wildman–Crippen MR) is 62.2 cm³/mol. The molecule has 0 unspecified atom stereocenters. The number of nitrogens with zero attached hydrogens (tertiary/aromatic N) is 1. The highest BCUT2D eigenvalue weighted by Crippen LogP contribution is 1.98. The monoisotopic (exact) mass is 228 g/mol. The second-order valence-corrected chi connectivity index (χ2v) is 4.56. The molecule has 0 aromatic carbocycles. The molecule has 0 saturated carbocycles. The molecular formula is C11H20N2O3. The Morgan fingerprint density at radius 2 is 2.00 bits per heavy atom. The molecule has 0 heterocycles. The summed E-state index contributed by atoms with van der Waals surface area (Å²) < 4.78 is 0. The molecule has 2 N–H and O–H groups in total. The van der Waals surface area contributed by atoms with Crippen LogP contribution in [0.5, 0.6) is 0 Å². The van der Waals surface area contributed by atoms with Crippen LogP contribution in [-0.2, 0) is 9.59 Å². The summed E-state index contributed by atoms with van der Waals surface area (Å²) in [5.41, 5.74) is -0.168. The second kappa shape index (κ2) is 6.27. The number of nitrogens with one attached hydrogen (secondary N) is 1. The molecule has 0 bridgehead atoms. The van der Waals surface area contributed by atoms with E-state index in [1.54, 1.807) is 0 Å². The van der Waals surface area contributed by atoms with Gasteiger partial charge in [0.2, 0.25) is 5.91 Å². The normalized spacial score (nSPS) is 10.9. The van der Waals surface area contributed by atoms with E-state index in [1.165, 1.54) is 11.0 Å². The Labute approximate surface area is 96.1 Å². The third-order valence-corrected chi connectivity index (χ3v) is 1.80. The molecule has 0 radical (unpaired) electrons. The van der Waals surface area contributed by atoms with E-state index < -0.39 is 5.97 Å². The van der Waals surface area contributed by atoms with Crippen LogP contribution in [0.3, 0.4) is 0 Å². The molecule has 5 nitrogen and oxygen atoms in total. The smallest absolute Gasteiger partial charge is 0.323 e. The highest BCUT2D eigenvalue weighted by molar-refractivity contribution is 5.82. The molecule has 0 rings (SSSR count). The number of hydrogen-bond donors (Lipinski definition) is 2. The van der Waals surface area contributed by atoms with Gasteiger partial charge in [-0.2, -0.15) is 0 Å². The summed E-state index contributed by atoms with van der Waals surface area (Å²) in [4.78, 5) is 23.5. The van der Waals surface area contributed by atoms with Gasteiger partial charge in [0.05, 0.1) is 6.54 Å². The number of carboxylic acid groups (broad SMARTS) is 1. The molecule has 0 aliphatic rings. The van der Waals surface area contributed by atoms with Gasteiger partial charge in [0, 0.05) is 12.1 Å². The fourth-order valence-corrected chi connectivity index (χ4v) is 1.03. The quantitative estimate of drug-likeness (QED) is 0.648. The maximum Gasteiger partial charge on any atom is 0.323 e. The van der Waals surface area contributed by atoms with Crippen LogP contribution in [0.1, 0.15) is 20.8 Å². The Bertz CT molecular complexity index is 269. The molecule has 16 heavy (non-hydrogen) atoms. The summed E-state index contributed by atoms with van der Waals surface area (Å²) in [5.74, 6) is -1.26. The lowest BCUT2D eigenvalue weighted by molar-refractivity contribution is -0.143. The minimum Gasteiger partial charge on any atom is -0.480 e. The van der Waals surface area contributed by atoms with Crippen LogP contribution in [0, 0.1) is 0 Å². The van der Waals surface area contributed by atoms with Crippen molar-refractivity contribution in [1.29, 1.82) is 0 Å². The molecule has 5 heteroatoms. The van der Waals surface area contributed by atoms with E-state index >= 15 is 0 Å². The van der Waals surface area contributed by atoms with Gasteiger partial charge in [-0.05, 0) is 20.8 Å². The molecule has 0 aromatic heterocycles. The molecule has 0 atom stereocenters. The van der Waals surface area contributed by atoms with Crippen LogP contribution in [0.4, 0.5) is 0 Å². The van der Waals surface area contributed by atoms with Crippen molar-refractivity contribution in [2.75, 3.05) is 19.6 Å². The minimum absolute atomic E-state index is 0.130. The number of hydrogen-bond acceptors (Lipinski definition) is 3. The third kappa shape index (κ3) is 7.00. The highest BCUT2D eigenvalue weighted by Gasteiger charge is 2.17. The molecule has 0 spiro atoms. The number of rotatable bonds is 6. The van der Waals surface area contributed by atoms with Crippen molar-refractivity contribution in [3.63, 3.8) is 0 Å². The maximum atomic E-state index is 11.7. The van der Waals surface area contributed by atoms with Crippen molar-refractivity contribution in [2.24, 2.45) is 0 Å². The van der Waals surface area contributed by atoms with E-state index in [2.05, 4.69) is 11.9 Å². The zero-order valence-corrected chi connectivity index (χ0v) is 10.1. The van der Waals surface area contributed by atoms with E-state index in [9.17, 15) is 9.59 Å². The van der Waals surface area contributed by atoms with Crippen LogP contribution in [0.25, 0.3) is 0 Å². The zero-order chi connectivity index (χ0) is 12.8. The first-order valence-corrected chi connectivity index (χ1v) is 5.12. The van der Waals surface area contributed by atoms with Gasteiger partial charge >= 0.3 is 5.97 Å². The maximum absolute atomic E-state index is 11.7. The fraction of sp³-hybridized carbons (Fsp3) is 0.636. The lowest BCUT2D eigenvalue weighted by Crippen LogP contribution is -2.46. The summed E-state index contributed by atoms with van der Waals surface area (Å²) in [6.07, 6.45) is 1.51. The lowest BCUT2D eigenvalue weighted by Gasteiger charge is -2.24. The van der Waals surface area contributed by atoms with Crippen molar-refractivity contribution in [3.8, 4) is 0 Å². The number of amides is 1. The topological polar surface area (TPSA) is 69.6 Å². The van der Waals surface area contributed by atoms with E-state index in [-0.39, 0.29) is 31.1 Å². The molecule has 0 aliphatic carbocycles. The Morgan fingerprint density at radius 1 is 1.44 bits per heavy atom. The van der Waals surface area contributed by atoms with Crippen molar-refractivity contribution >= 4 is 11.9 Å². The largest absolute Gasteiger partial charge is 0.480 e. The van der Waals surface area contributed by atoms with Gasteiger partial charge in [0.25, 0.3) is 0 Å². The van der Waals surface area contributed by atoms with Gasteiger partial charge in [-0.1, -0.05) is 6.08 Å². The summed E-state index contributed by atoms with van der Waals surface area (Å²) in [6.45, 7) is 9.39. The Balaban J connectivity index is 4.27. The van der Waals surface area contributed by atoms with Gasteiger partial charge in [-0.3, -0.25) is 9.59 Å². The minimum atomic E-state index is -1.02. The van der Waals surface area contributed by atoms with Gasteiger partial charge in [-0.15, -0.1) is 6.58 Å². The SMILES string of the molecule is C=CCN(CC(=O)O)C(=O)CNC(C)(C)C. The first-order chi connectivity index (χ1) is 7.26. The molecule has 0 aromatic rings. The van der Waals surface area contributed by atoms with E-state index in [1.807, 2.05) is 20.8 Å². The Hall–Kier alpha value is -1.36. The summed E-state index contributed by atoms with van der Waals surface area (Å²) in [7, 11) is 0. The number of carbonyl (C=O) groups is 2. The standard InChI is InChI=1S/C11H20N2O3/c1-5-6-13(8-10(15)16)9(14)7-12-11(2,3)4/h5,12H,1,6-8H2,2-4H3,(H,15,16). The van der Waals surface area contributed by atoms with Crippen molar-refractivity contribution in [1.82, 2.24) is 10.2 Å². The average Bonchev–Trinajstić information content (AvgIpc) is 2.11. The number of carbonyl (C=O) groups excluding carboxylic acids is 1. The number of aliphatic carboxylic acids is 1. The summed E-state index contributed by atoms with van der Waals surface area (Å²) in [6, 6.07) is 0. The Morgan fingerprint density at radius 3 is 2.38 bits per heavy atom. The molecule has 0 fully saturated rings. The van der Waals surface area contributed by atoms with E-state index in [0.717, 1.165) is 0 Å². The third-order valence-electron chi connectivity index (χ3n) is 1.80. The van der Waals surface area contributed by atoms with Gasteiger partial charge < -0.3 is 15.3 Å². The van der Waals surface area contributed by atoms with E-state index in [4.69, 9.17) is 5.11 Å². The molecule has 1 amide bonds. The number of carboxylic acids is 1. The van der Waals surface area contributed by atoms with Gasteiger partial charge in [0.15, 0.2) is 0 Å². The fourth-order valence-electron chi connectivity index (χ4n) is 1.03. The summed E-state index contributed by atoms with van der Waals surface area (Å²) >= 11 is 0. The molecule has 0 aliphatic heterocycles. The van der Waals surface area contributed by atoms with Gasteiger partial charge in [-0.25, -0.2) is 0 Å². The first-order valence-electron chi connectivity index (χ1n) is 5.12. The zero-order valence-electron chi connectivity index (χ0n) is 10.1. The van der Waals surface area contributed by atoms with Crippen LogP contribution < -0.4 is 5.32 Å². The van der Waals surface area contributed by atoms with Crippen LogP contribution in [0.15, 0.2) is 12.7 Å². The molecule has 92 valence electrons. The van der Waals surface area contributed by atoms with Crippen molar-refractivity contribution in [3.05, 3.63) is 12.7 Å². The van der Waals surface area contributed by atoms with Crippen LogP contribution >= 0.6 is 0 Å². The predicted octanol–water partition coefficient (Wildman–Crippen LogP) is 0.474. The van der Waals surface area contributed by atoms with Crippen LogP contribution in [0.2, 0.25) is 0 Å². The van der Waals surface area contributed by atoms with Crippen LogP contribution in [-0.4, -0.2) is 47.1 Å². The summed E-state index contributed by atoms with van der Waals surface area (Å²) in [5, 5.41) is 11.7. The van der Waals surface area contributed by atoms with E-state index in [0.29, 0.717) is 0 Å². The lowest BCUT2D eigenvalue weighted by atomic mass is 10.1. The molecule has 0 saturated heterocycles. The average molecular weight is 228 g/mol. The molecular weight excluding hydrogens is 208 g/mol. The van der Waals surface area contributed by atoms with Crippen molar-refractivity contribution < 1.29 is 14.7 Å².